The minimum absolute atomic E-state index is 0.171. The van der Waals surface area contributed by atoms with Gasteiger partial charge in [0.15, 0.2) is 0 Å². The van der Waals surface area contributed by atoms with E-state index in [4.69, 9.17) is 20.4 Å². The van der Waals surface area contributed by atoms with E-state index in [-0.39, 0.29) is 6.42 Å². The molecule has 0 aromatic rings. The Labute approximate surface area is 105 Å². The number of carboxylic acids is 3. The van der Waals surface area contributed by atoms with Crippen LogP contribution in [0.1, 0.15) is 12.8 Å². The lowest BCUT2D eigenvalue weighted by molar-refractivity contribution is -0.873. The Morgan fingerprint density at radius 3 is 1.50 bits per heavy atom. The van der Waals surface area contributed by atoms with Gasteiger partial charge in [-0.05, 0) is 0 Å². The molecule has 0 aromatic heterocycles. The number of quaternary nitrogens is 1. The number of likely N-dealkylation sites (N-methyl/N-ethyl adjacent to an activating group) is 1. The van der Waals surface area contributed by atoms with Crippen LogP contribution in [0.5, 0.6) is 0 Å². The maximum absolute atomic E-state index is 10.1. The third-order valence-electron chi connectivity index (χ3n) is 1.47. The van der Waals surface area contributed by atoms with Gasteiger partial charge >= 0.3 is 17.9 Å². The maximum Gasteiger partial charge on any atom is 0.314 e. The van der Waals surface area contributed by atoms with E-state index in [2.05, 4.69) is 0 Å². The first-order valence-electron chi connectivity index (χ1n) is 5.08. The van der Waals surface area contributed by atoms with E-state index in [9.17, 15) is 14.4 Å². The Morgan fingerprint density at radius 2 is 1.33 bits per heavy atom. The van der Waals surface area contributed by atoms with Gasteiger partial charge in [0.25, 0.3) is 0 Å². The summed E-state index contributed by atoms with van der Waals surface area (Å²) >= 11 is 0. The van der Waals surface area contributed by atoms with E-state index < -0.39 is 30.4 Å². The molecule has 0 aliphatic carbocycles. The van der Waals surface area contributed by atoms with Crippen molar-refractivity contribution in [1.29, 1.82) is 0 Å². The van der Waals surface area contributed by atoms with Crippen molar-refractivity contribution < 1.29 is 39.3 Å². The SMILES string of the molecule is C[N+](C)(C)C[C@H](O)CC(=O)O.O=C(O)CC(=O)O. The number of nitrogens with zero attached hydrogens (tertiary/aromatic N) is 1. The number of aliphatic hydroxyl groups is 1. The average Bonchev–Trinajstić information content (AvgIpc) is 1.94. The van der Waals surface area contributed by atoms with Crippen molar-refractivity contribution in [2.45, 2.75) is 18.9 Å². The lowest BCUT2D eigenvalue weighted by atomic mass is 10.2. The summed E-state index contributed by atoms with van der Waals surface area (Å²) in [5, 5.41) is 32.9. The number of aliphatic hydroxyl groups excluding tert-OH is 1. The molecule has 0 saturated carbocycles. The van der Waals surface area contributed by atoms with Crippen molar-refractivity contribution in [3.05, 3.63) is 0 Å². The van der Waals surface area contributed by atoms with Gasteiger partial charge in [-0.3, -0.25) is 14.4 Å². The van der Waals surface area contributed by atoms with Gasteiger partial charge in [0, 0.05) is 0 Å². The van der Waals surface area contributed by atoms with Gasteiger partial charge in [0.1, 0.15) is 19.1 Å². The number of carboxylic acid groups (broad SMARTS) is 3. The minimum Gasteiger partial charge on any atom is -0.481 e. The fourth-order valence-electron chi connectivity index (χ4n) is 1.03. The predicted molar refractivity (Wildman–Crippen MR) is 61.0 cm³/mol. The molecule has 0 aliphatic heterocycles. The Morgan fingerprint density at radius 1 is 0.944 bits per heavy atom. The fourth-order valence-corrected chi connectivity index (χ4v) is 1.03. The van der Waals surface area contributed by atoms with Crippen molar-refractivity contribution >= 4 is 17.9 Å². The van der Waals surface area contributed by atoms with E-state index >= 15 is 0 Å². The molecule has 0 aliphatic rings. The van der Waals surface area contributed by atoms with E-state index in [1.807, 2.05) is 21.1 Å². The van der Waals surface area contributed by atoms with Crippen LogP contribution in [-0.4, -0.2) is 76.6 Å². The van der Waals surface area contributed by atoms with Crippen LogP contribution in [0.2, 0.25) is 0 Å². The first kappa shape index (κ1) is 18.7. The van der Waals surface area contributed by atoms with Crippen LogP contribution >= 0.6 is 0 Å². The van der Waals surface area contributed by atoms with Crippen molar-refractivity contribution in [2.24, 2.45) is 0 Å². The highest BCUT2D eigenvalue weighted by molar-refractivity contribution is 5.88. The smallest absolute Gasteiger partial charge is 0.314 e. The summed E-state index contributed by atoms with van der Waals surface area (Å²) < 4.78 is 0.578. The summed E-state index contributed by atoms with van der Waals surface area (Å²) in [7, 11) is 5.72. The number of carbonyl (C=O) groups is 3. The Kier molecular flexibility index (Phi) is 8.75. The molecule has 8 heteroatoms. The molecule has 0 unspecified atom stereocenters. The van der Waals surface area contributed by atoms with E-state index in [0.717, 1.165) is 0 Å². The van der Waals surface area contributed by atoms with Crippen LogP contribution in [0, 0.1) is 0 Å². The van der Waals surface area contributed by atoms with Gasteiger partial charge < -0.3 is 24.9 Å². The van der Waals surface area contributed by atoms with Gasteiger partial charge in [-0.15, -0.1) is 0 Å². The van der Waals surface area contributed by atoms with Crippen LogP contribution in [0.25, 0.3) is 0 Å². The zero-order valence-electron chi connectivity index (χ0n) is 10.7. The van der Waals surface area contributed by atoms with Crippen molar-refractivity contribution in [3.63, 3.8) is 0 Å². The Bertz CT molecular complexity index is 283. The molecule has 0 rings (SSSR count). The molecule has 0 radical (unpaired) electrons. The molecule has 0 saturated heterocycles. The fraction of sp³-hybridized carbons (Fsp3) is 0.700. The molecular weight excluding hydrogens is 246 g/mol. The summed E-state index contributed by atoms with van der Waals surface area (Å²) in [6, 6.07) is 0. The molecule has 106 valence electrons. The summed E-state index contributed by atoms with van der Waals surface area (Å²) in [5.41, 5.74) is 0. The molecular formula is C10H20NO7+. The van der Waals surface area contributed by atoms with Crippen LogP contribution in [0.3, 0.4) is 0 Å². The molecule has 18 heavy (non-hydrogen) atoms. The average molecular weight is 266 g/mol. The summed E-state index contributed by atoms with van der Waals surface area (Å²) in [6.07, 6.45) is -1.72. The highest BCUT2D eigenvalue weighted by Gasteiger charge is 2.17. The summed E-state index contributed by atoms with van der Waals surface area (Å²) in [5.74, 6) is -3.58. The largest absolute Gasteiger partial charge is 0.481 e. The molecule has 0 amide bonds. The van der Waals surface area contributed by atoms with Gasteiger partial charge in [0.05, 0.1) is 27.6 Å². The molecule has 4 N–H and O–H groups in total. The number of hydrogen-bond acceptors (Lipinski definition) is 4. The first-order valence-corrected chi connectivity index (χ1v) is 5.08. The maximum atomic E-state index is 10.1. The van der Waals surface area contributed by atoms with Crippen molar-refractivity contribution in [1.82, 2.24) is 0 Å². The highest BCUT2D eigenvalue weighted by Crippen LogP contribution is 1.98. The lowest BCUT2D eigenvalue weighted by Crippen LogP contribution is -2.42. The quantitative estimate of drug-likeness (QED) is 0.361. The van der Waals surface area contributed by atoms with Gasteiger partial charge in [-0.25, -0.2) is 0 Å². The zero-order valence-corrected chi connectivity index (χ0v) is 10.7. The minimum atomic E-state index is -1.31. The lowest BCUT2D eigenvalue weighted by Gasteiger charge is -2.25. The second kappa shape index (κ2) is 8.43. The predicted octanol–water partition coefficient (Wildman–Crippen LogP) is -0.926. The molecule has 8 nitrogen and oxygen atoms in total. The van der Waals surface area contributed by atoms with Crippen LogP contribution in [0.15, 0.2) is 0 Å². The standard InChI is InChI=1S/C7H15NO3.C3H4O4/c1-8(2,3)5-6(9)4-7(10)11;4-2(5)1-3(6)7/h6,9H,4-5H2,1-3H3;1H2,(H,4,5)(H,6,7)/p+1/t6-;/m1./s1. The molecule has 0 bridgehead atoms. The van der Waals surface area contributed by atoms with Gasteiger partial charge in [0.2, 0.25) is 0 Å². The van der Waals surface area contributed by atoms with Crippen molar-refractivity contribution in [2.75, 3.05) is 27.7 Å². The normalized spacial score (nSPS) is 12.0. The second-order valence-electron chi connectivity index (χ2n) is 4.69. The molecule has 0 fully saturated rings. The van der Waals surface area contributed by atoms with Crippen LogP contribution in [-0.2, 0) is 14.4 Å². The molecule has 0 heterocycles. The van der Waals surface area contributed by atoms with Gasteiger partial charge in [-0.2, -0.15) is 0 Å². The van der Waals surface area contributed by atoms with Crippen LogP contribution < -0.4 is 0 Å². The second-order valence-corrected chi connectivity index (χ2v) is 4.69. The van der Waals surface area contributed by atoms with E-state index in [1.165, 1.54) is 0 Å². The van der Waals surface area contributed by atoms with Crippen molar-refractivity contribution in [3.8, 4) is 0 Å². The third kappa shape index (κ3) is 19.8. The van der Waals surface area contributed by atoms with E-state index in [1.54, 1.807) is 0 Å². The zero-order chi connectivity index (χ0) is 14.9. The molecule has 1 atom stereocenters. The monoisotopic (exact) mass is 266 g/mol. The van der Waals surface area contributed by atoms with E-state index in [0.29, 0.717) is 11.0 Å². The number of aliphatic carboxylic acids is 3. The number of hydrogen-bond donors (Lipinski definition) is 4. The molecule has 0 spiro atoms. The first-order chi connectivity index (χ1) is 7.94. The van der Waals surface area contributed by atoms with Crippen LogP contribution in [0.4, 0.5) is 0 Å². The molecule has 0 aromatic carbocycles. The Balaban J connectivity index is 0. The summed E-state index contributed by atoms with van der Waals surface area (Å²) in [6.45, 7) is 0.465. The summed E-state index contributed by atoms with van der Waals surface area (Å²) in [4.78, 5) is 29.0. The number of rotatable bonds is 6. The topological polar surface area (TPSA) is 132 Å². The Hall–Kier alpha value is -1.67. The third-order valence-corrected chi connectivity index (χ3v) is 1.47. The van der Waals surface area contributed by atoms with Gasteiger partial charge in [-0.1, -0.05) is 0 Å². The highest BCUT2D eigenvalue weighted by atomic mass is 16.4.